The molecule has 3 aliphatic rings. The second-order valence-electron chi connectivity index (χ2n) is 6.46. The Hall–Kier alpha value is -1.79. The Morgan fingerprint density at radius 1 is 1.36 bits per heavy atom. The lowest BCUT2D eigenvalue weighted by atomic mass is 9.68. The molecule has 0 bridgehead atoms. The van der Waals surface area contributed by atoms with Gasteiger partial charge in [-0.25, -0.2) is 4.79 Å². The van der Waals surface area contributed by atoms with E-state index < -0.39 is 0 Å². The summed E-state index contributed by atoms with van der Waals surface area (Å²) < 4.78 is 0. The molecule has 7 nitrogen and oxygen atoms in total. The fourth-order valence-electron chi connectivity index (χ4n) is 3.56. The van der Waals surface area contributed by atoms with Gasteiger partial charge < -0.3 is 15.5 Å². The van der Waals surface area contributed by atoms with E-state index in [1.54, 1.807) is 0 Å². The van der Waals surface area contributed by atoms with Crippen molar-refractivity contribution in [2.45, 2.75) is 32.6 Å². The largest absolute Gasteiger partial charge is 0.357 e. The maximum absolute atomic E-state index is 11.5. The van der Waals surface area contributed by atoms with E-state index in [4.69, 9.17) is 0 Å². The third kappa shape index (κ3) is 2.89. The monoisotopic (exact) mass is 307 g/mol. The Balaban J connectivity index is 1.56. The van der Waals surface area contributed by atoms with Gasteiger partial charge in [-0.1, -0.05) is 6.42 Å². The van der Waals surface area contributed by atoms with Crippen molar-refractivity contribution < 1.29 is 9.59 Å². The fourth-order valence-corrected chi connectivity index (χ4v) is 3.56. The van der Waals surface area contributed by atoms with Crippen molar-refractivity contribution in [2.24, 2.45) is 10.4 Å². The summed E-state index contributed by atoms with van der Waals surface area (Å²) in [6.45, 7) is 5.92. The summed E-state index contributed by atoms with van der Waals surface area (Å²) in [6, 6.07) is -0.306. The van der Waals surface area contributed by atoms with Crippen LogP contribution in [0.5, 0.6) is 0 Å². The van der Waals surface area contributed by atoms with Gasteiger partial charge in [0.15, 0.2) is 5.96 Å². The van der Waals surface area contributed by atoms with Crippen LogP contribution in [0.4, 0.5) is 4.79 Å². The van der Waals surface area contributed by atoms with E-state index in [0.29, 0.717) is 18.5 Å². The highest BCUT2D eigenvalue weighted by Gasteiger charge is 2.43. The van der Waals surface area contributed by atoms with Gasteiger partial charge in [0, 0.05) is 19.6 Å². The highest BCUT2D eigenvalue weighted by molar-refractivity contribution is 6.01. The molecule has 2 heterocycles. The van der Waals surface area contributed by atoms with Gasteiger partial charge in [0.1, 0.15) is 0 Å². The Morgan fingerprint density at radius 3 is 2.73 bits per heavy atom. The molecule has 3 rings (SSSR count). The van der Waals surface area contributed by atoms with Crippen molar-refractivity contribution in [3.63, 3.8) is 0 Å². The van der Waals surface area contributed by atoms with Gasteiger partial charge in [-0.2, -0.15) is 0 Å². The quantitative estimate of drug-likeness (QED) is 0.447. The second kappa shape index (κ2) is 6.14. The molecular formula is C15H25N5O2. The van der Waals surface area contributed by atoms with E-state index in [0.717, 1.165) is 25.6 Å². The summed E-state index contributed by atoms with van der Waals surface area (Å²) in [5.74, 6) is 0.748. The predicted molar refractivity (Wildman–Crippen MR) is 83.6 cm³/mol. The van der Waals surface area contributed by atoms with Gasteiger partial charge in [-0.05, 0) is 31.6 Å². The molecule has 0 atom stereocenters. The summed E-state index contributed by atoms with van der Waals surface area (Å²) in [7, 11) is 0. The molecule has 22 heavy (non-hydrogen) atoms. The van der Waals surface area contributed by atoms with Crippen LogP contribution in [0.2, 0.25) is 0 Å². The molecule has 0 unspecified atom stereocenters. The van der Waals surface area contributed by atoms with Gasteiger partial charge in [-0.3, -0.25) is 14.7 Å². The standard InChI is InChI=1S/C15H25N5O2/c1-2-16-13(19-8-6-15(11-19)4-3-5-15)17-7-9-20-12(21)10-18-14(20)22/h2-11H2,1H3,(H,16,17)(H,18,22). The lowest BCUT2D eigenvalue weighted by molar-refractivity contribution is -0.124. The van der Waals surface area contributed by atoms with Gasteiger partial charge in [0.2, 0.25) is 5.91 Å². The fraction of sp³-hybridized carbons (Fsp3) is 0.800. The number of carbonyl (C=O) groups is 2. The first-order valence-corrected chi connectivity index (χ1v) is 8.25. The van der Waals surface area contributed by atoms with Crippen LogP contribution < -0.4 is 10.6 Å². The number of nitrogens with one attached hydrogen (secondary N) is 2. The number of likely N-dealkylation sites (tertiary alicyclic amines) is 1. The molecule has 0 aromatic heterocycles. The molecule has 0 radical (unpaired) electrons. The van der Waals surface area contributed by atoms with E-state index in [2.05, 4.69) is 27.4 Å². The summed E-state index contributed by atoms with van der Waals surface area (Å²) in [5, 5.41) is 5.86. The number of aliphatic imine (C=N–C) groups is 1. The van der Waals surface area contributed by atoms with Crippen LogP contribution in [0.25, 0.3) is 0 Å². The minimum Gasteiger partial charge on any atom is -0.357 e. The van der Waals surface area contributed by atoms with Crippen LogP contribution in [0, 0.1) is 5.41 Å². The Labute approximate surface area is 131 Å². The Kier molecular flexibility index (Phi) is 4.22. The zero-order chi connectivity index (χ0) is 15.6. The molecule has 3 amide bonds. The minimum atomic E-state index is -0.306. The number of carbonyl (C=O) groups excluding carboxylic acids is 2. The van der Waals surface area contributed by atoms with Crippen LogP contribution >= 0.6 is 0 Å². The Morgan fingerprint density at radius 2 is 2.18 bits per heavy atom. The van der Waals surface area contributed by atoms with Crippen molar-refractivity contribution >= 4 is 17.9 Å². The summed E-state index contributed by atoms with van der Waals surface area (Å²) >= 11 is 0. The van der Waals surface area contributed by atoms with E-state index in [-0.39, 0.29) is 18.5 Å². The van der Waals surface area contributed by atoms with E-state index in [9.17, 15) is 9.59 Å². The molecule has 0 aromatic carbocycles. The molecule has 122 valence electrons. The molecule has 1 aliphatic carbocycles. The molecule has 3 fully saturated rings. The average molecular weight is 307 g/mol. The lowest BCUT2D eigenvalue weighted by Crippen LogP contribution is -2.43. The van der Waals surface area contributed by atoms with Crippen molar-refractivity contribution in [2.75, 3.05) is 39.3 Å². The first kappa shape index (κ1) is 15.1. The minimum absolute atomic E-state index is 0.108. The summed E-state index contributed by atoms with van der Waals surface area (Å²) in [4.78, 5) is 31.2. The third-order valence-electron chi connectivity index (χ3n) is 5.01. The van der Waals surface area contributed by atoms with Gasteiger partial charge in [0.25, 0.3) is 0 Å². The summed E-state index contributed by atoms with van der Waals surface area (Å²) in [5.41, 5.74) is 0.529. The topological polar surface area (TPSA) is 77.0 Å². The second-order valence-corrected chi connectivity index (χ2v) is 6.46. The van der Waals surface area contributed by atoms with Crippen molar-refractivity contribution in [3.05, 3.63) is 0 Å². The van der Waals surface area contributed by atoms with Gasteiger partial charge >= 0.3 is 6.03 Å². The van der Waals surface area contributed by atoms with Crippen LogP contribution in [0.3, 0.4) is 0 Å². The maximum atomic E-state index is 11.5. The van der Waals surface area contributed by atoms with Crippen molar-refractivity contribution in [3.8, 4) is 0 Å². The molecule has 2 saturated heterocycles. The van der Waals surface area contributed by atoms with Crippen molar-refractivity contribution in [1.82, 2.24) is 20.4 Å². The number of rotatable bonds is 4. The van der Waals surface area contributed by atoms with Gasteiger partial charge in [-0.15, -0.1) is 0 Å². The molecule has 2 N–H and O–H groups in total. The van der Waals surface area contributed by atoms with E-state index >= 15 is 0 Å². The molecule has 7 heteroatoms. The first-order valence-electron chi connectivity index (χ1n) is 8.25. The van der Waals surface area contributed by atoms with E-state index in [1.807, 2.05) is 0 Å². The summed E-state index contributed by atoms with van der Waals surface area (Å²) in [6.07, 6.45) is 5.29. The predicted octanol–water partition coefficient (Wildman–Crippen LogP) is 0.380. The normalized spacial score (nSPS) is 24.0. The molecular weight excluding hydrogens is 282 g/mol. The zero-order valence-electron chi connectivity index (χ0n) is 13.2. The van der Waals surface area contributed by atoms with Gasteiger partial charge in [0.05, 0.1) is 19.6 Å². The van der Waals surface area contributed by atoms with E-state index in [1.165, 1.54) is 30.6 Å². The maximum Gasteiger partial charge on any atom is 0.324 e. The Bertz CT molecular complexity index is 470. The number of guanidine groups is 1. The molecule has 1 saturated carbocycles. The number of urea groups is 1. The zero-order valence-corrected chi connectivity index (χ0v) is 13.2. The van der Waals surface area contributed by atoms with Crippen LogP contribution in [0.15, 0.2) is 4.99 Å². The smallest absolute Gasteiger partial charge is 0.324 e. The first-order chi connectivity index (χ1) is 10.6. The molecule has 0 aromatic rings. The number of nitrogens with zero attached hydrogens (tertiary/aromatic N) is 3. The molecule has 1 spiro atoms. The van der Waals surface area contributed by atoms with Crippen LogP contribution in [-0.2, 0) is 4.79 Å². The highest BCUT2D eigenvalue weighted by Crippen LogP contribution is 2.47. The third-order valence-corrected chi connectivity index (χ3v) is 5.01. The highest BCUT2D eigenvalue weighted by atomic mass is 16.2. The van der Waals surface area contributed by atoms with Crippen LogP contribution in [0.1, 0.15) is 32.6 Å². The SMILES string of the molecule is CCNC(=NCCN1C(=O)CNC1=O)N1CCC2(CCC2)C1. The van der Waals surface area contributed by atoms with Crippen molar-refractivity contribution in [1.29, 1.82) is 0 Å². The van der Waals surface area contributed by atoms with Crippen LogP contribution in [-0.4, -0.2) is 67.0 Å². The molecule has 2 aliphatic heterocycles. The number of imide groups is 1. The lowest BCUT2D eigenvalue weighted by Gasteiger charge is -2.38. The number of hydrogen-bond acceptors (Lipinski definition) is 3. The number of amides is 3. The average Bonchev–Trinajstić information content (AvgIpc) is 3.04. The number of hydrogen-bond donors (Lipinski definition) is 2.